The molecule has 0 saturated heterocycles. The van der Waals surface area contributed by atoms with Crippen LogP contribution in [0.5, 0.6) is 0 Å². The molecule has 2 aromatic rings. The van der Waals surface area contributed by atoms with E-state index in [1.54, 1.807) is 6.07 Å². The molecule has 0 fully saturated rings. The van der Waals surface area contributed by atoms with Crippen LogP contribution in [-0.2, 0) is 16.6 Å². The number of sulfonamides is 1. The minimum Gasteiger partial charge on any atom is -0.315 e. The van der Waals surface area contributed by atoms with Crippen molar-refractivity contribution in [1.82, 2.24) is 5.32 Å². The Hall–Kier alpha value is -1.37. The number of para-hydroxylation sites is 1. The smallest absolute Gasteiger partial charge is 0.265 e. The maximum absolute atomic E-state index is 12.9. The lowest BCUT2D eigenvalue weighted by atomic mass is 10.3. The first-order valence-electron chi connectivity index (χ1n) is 6.82. The van der Waals surface area contributed by atoms with E-state index in [1.807, 2.05) is 51.2 Å². The van der Waals surface area contributed by atoms with E-state index in [1.165, 1.54) is 15.6 Å². The molecule has 0 saturated carbocycles. The molecule has 0 amide bonds. The van der Waals surface area contributed by atoms with E-state index >= 15 is 0 Å². The van der Waals surface area contributed by atoms with Gasteiger partial charge in [-0.1, -0.05) is 18.2 Å². The first-order chi connectivity index (χ1) is 10.0. The molecular formula is C15H20N2O2S2. The van der Waals surface area contributed by atoms with Crippen molar-refractivity contribution in [1.29, 1.82) is 0 Å². The summed E-state index contributed by atoms with van der Waals surface area (Å²) >= 11 is 1.52. The zero-order chi connectivity index (χ0) is 15.5. The van der Waals surface area contributed by atoms with Gasteiger partial charge in [-0.2, -0.15) is 0 Å². The largest absolute Gasteiger partial charge is 0.315 e. The van der Waals surface area contributed by atoms with Gasteiger partial charge in [0.15, 0.2) is 0 Å². The Morgan fingerprint density at radius 2 is 1.90 bits per heavy atom. The standard InChI is InChI=1S/C15H20N2O2S2/c1-4-17(13-8-6-5-7-9-13)21(18,19)15-10-14(11-16-3)20-12(15)2/h5-10,16H,4,11H2,1-3H3. The molecule has 0 bridgehead atoms. The van der Waals surface area contributed by atoms with Crippen molar-refractivity contribution < 1.29 is 8.42 Å². The molecule has 6 heteroatoms. The SMILES string of the molecule is CCN(c1ccccc1)S(=O)(=O)c1cc(CNC)sc1C. The number of nitrogens with zero attached hydrogens (tertiary/aromatic N) is 1. The summed E-state index contributed by atoms with van der Waals surface area (Å²) in [4.78, 5) is 2.26. The fourth-order valence-corrected chi connectivity index (χ4v) is 5.34. The van der Waals surface area contributed by atoms with Gasteiger partial charge in [0.05, 0.1) is 5.69 Å². The predicted molar refractivity (Wildman–Crippen MR) is 88.5 cm³/mol. The van der Waals surface area contributed by atoms with Gasteiger partial charge < -0.3 is 5.32 Å². The van der Waals surface area contributed by atoms with Crippen LogP contribution in [0.4, 0.5) is 5.69 Å². The molecule has 0 aliphatic heterocycles. The predicted octanol–water partition coefficient (Wildman–Crippen LogP) is 2.99. The number of hydrogen-bond acceptors (Lipinski definition) is 4. The minimum absolute atomic E-state index is 0.406. The molecule has 1 aromatic carbocycles. The topological polar surface area (TPSA) is 49.4 Å². The molecule has 21 heavy (non-hydrogen) atoms. The Balaban J connectivity index is 2.45. The number of rotatable bonds is 6. The van der Waals surface area contributed by atoms with E-state index in [0.717, 1.165) is 9.75 Å². The summed E-state index contributed by atoms with van der Waals surface area (Å²) < 4.78 is 27.3. The number of nitrogens with one attached hydrogen (secondary N) is 1. The van der Waals surface area contributed by atoms with Crippen LogP contribution in [0, 0.1) is 6.92 Å². The summed E-state index contributed by atoms with van der Waals surface area (Å²) in [6.07, 6.45) is 0. The molecule has 1 heterocycles. The van der Waals surface area contributed by atoms with E-state index in [2.05, 4.69) is 5.32 Å². The lowest BCUT2D eigenvalue weighted by Crippen LogP contribution is -2.30. The van der Waals surface area contributed by atoms with Crippen molar-refractivity contribution in [3.8, 4) is 0 Å². The maximum Gasteiger partial charge on any atom is 0.265 e. The van der Waals surface area contributed by atoms with Gasteiger partial charge in [-0.15, -0.1) is 11.3 Å². The Bertz CT molecular complexity index is 694. The zero-order valence-corrected chi connectivity index (χ0v) is 14.1. The first kappa shape index (κ1) is 16.0. The van der Waals surface area contributed by atoms with Crippen LogP contribution in [0.15, 0.2) is 41.3 Å². The van der Waals surface area contributed by atoms with Crippen LogP contribution in [0.2, 0.25) is 0 Å². The van der Waals surface area contributed by atoms with Crippen LogP contribution in [-0.4, -0.2) is 22.0 Å². The van der Waals surface area contributed by atoms with Crippen LogP contribution in [0.3, 0.4) is 0 Å². The van der Waals surface area contributed by atoms with E-state index in [-0.39, 0.29) is 0 Å². The highest BCUT2D eigenvalue weighted by Gasteiger charge is 2.26. The average molecular weight is 324 g/mol. The molecule has 1 aromatic heterocycles. The molecular weight excluding hydrogens is 304 g/mol. The summed E-state index contributed by atoms with van der Waals surface area (Å²) in [6, 6.07) is 11.0. The summed E-state index contributed by atoms with van der Waals surface area (Å²) in [5.74, 6) is 0. The van der Waals surface area contributed by atoms with Gasteiger partial charge in [0.2, 0.25) is 0 Å². The number of benzene rings is 1. The van der Waals surface area contributed by atoms with E-state index in [4.69, 9.17) is 0 Å². The summed E-state index contributed by atoms with van der Waals surface area (Å²) in [5, 5.41) is 3.05. The van der Waals surface area contributed by atoms with E-state index < -0.39 is 10.0 Å². The highest BCUT2D eigenvalue weighted by atomic mass is 32.2. The molecule has 0 unspecified atom stereocenters. The summed E-state index contributed by atoms with van der Waals surface area (Å²) in [6.45, 7) is 4.79. The van der Waals surface area contributed by atoms with Gasteiger partial charge in [-0.25, -0.2) is 8.42 Å². The molecule has 0 atom stereocenters. The van der Waals surface area contributed by atoms with Gasteiger partial charge in [0, 0.05) is 22.8 Å². The molecule has 1 N–H and O–H groups in total. The van der Waals surface area contributed by atoms with Gasteiger partial charge in [-0.3, -0.25) is 4.31 Å². The third-order valence-corrected chi connectivity index (χ3v) is 6.38. The van der Waals surface area contributed by atoms with Crippen LogP contribution in [0.25, 0.3) is 0 Å². The maximum atomic E-state index is 12.9. The van der Waals surface area contributed by atoms with Crippen molar-refractivity contribution in [3.63, 3.8) is 0 Å². The Morgan fingerprint density at radius 3 is 2.48 bits per heavy atom. The molecule has 114 valence electrons. The van der Waals surface area contributed by atoms with Crippen molar-refractivity contribution in [2.75, 3.05) is 17.9 Å². The Morgan fingerprint density at radius 1 is 1.24 bits per heavy atom. The molecule has 0 radical (unpaired) electrons. The van der Waals surface area contributed by atoms with Crippen LogP contribution < -0.4 is 9.62 Å². The second-order valence-electron chi connectivity index (χ2n) is 4.67. The van der Waals surface area contributed by atoms with Crippen LogP contribution in [0.1, 0.15) is 16.7 Å². The Kier molecular flexibility index (Phi) is 5.03. The molecule has 2 rings (SSSR count). The second-order valence-corrected chi connectivity index (χ2v) is 7.84. The van der Waals surface area contributed by atoms with E-state index in [9.17, 15) is 8.42 Å². The van der Waals surface area contributed by atoms with Crippen molar-refractivity contribution in [2.45, 2.75) is 25.3 Å². The Labute approximate surface area is 130 Å². The minimum atomic E-state index is -3.52. The molecule has 4 nitrogen and oxygen atoms in total. The fraction of sp³-hybridized carbons (Fsp3) is 0.333. The highest BCUT2D eigenvalue weighted by molar-refractivity contribution is 7.93. The van der Waals surface area contributed by atoms with Crippen LogP contribution >= 0.6 is 11.3 Å². The van der Waals surface area contributed by atoms with Crippen molar-refractivity contribution >= 4 is 27.0 Å². The van der Waals surface area contributed by atoms with Gasteiger partial charge in [-0.05, 0) is 39.1 Å². The van der Waals surface area contributed by atoms with Gasteiger partial charge >= 0.3 is 0 Å². The quantitative estimate of drug-likeness (QED) is 0.888. The normalized spacial score (nSPS) is 11.6. The third kappa shape index (κ3) is 3.28. The number of anilines is 1. The third-order valence-electron chi connectivity index (χ3n) is 3.17. The molecule has 0 aliphatic rings. The zero-order valence-electron chi connectivity index (χ0n) is 12.5. The monoisotopic (exact) mass is 324 g/mol. The number of hydrogen-bond donors (Lipinski definition) is 1. The summed E-state index contributed by atoms with van der Waals surface area (Å²) in [5.41, 5.74) is 0.695. The number of aryl methyl sites for hydroxylation is 1. The lowest BCUT2D eigenvalue weighted by molar-refractivity contribution is 0.591. The average Bonchev–Trinajstić information content (AvgIpc) is 2.82. The lowest BCUT2D eigenvalue weighted by Gasteiger charge is -2.22. The molecule has 0 spiro atoms. The van der Waals surface area contributed by atoms with E-state index in [0.29, 0.717) is 23.7 Å². The van der Waals surface area contributed by atoms with Gasteiger partial charge in [0.1, 0.15) is 4.90 Å². The van der Waals surface area contributed by atoms with Crippen molar-refractivity contribution in [3.05, 3.63) is 46.2 Å². The highest BCUT2D eigenvalue weighted by Crippen LogP contribution is 2.30. The van der Waals surface area contributed by atoms with Crippen molar-refractivity contribution in [2.24, 2.45) is 0 Å². The van der Waals surface area contributed by atoms with Gasteiger partial charge in [0.25, 0.3) is 10.0 Å². The molecule has 0 aliphatic carbocycles. The number of thiophene rings is 1. The second kappa shape index (κ2) is 6.60. The first-order valence-corrected chi connectivity index (χ1v) is 9.08. The fourth-order valence-electron chi connectivity index (χ4n) is 2.25. The summed E-state index contributed by atoms with van der Waals surface area (Å²) in [7, 11) is -1.66.